The van der Waals surface area contributed by atoms with Crippen molar-refractivity contribution in [2.24, 2.45) is 17.8 Å². The van der Waals surface area contributed by atoms with Gasteiger partial charge in [-0.2, -0.15) is 13.2 Å². The first-order chi connectivity index (χ1) is 17.3. The van der Waals surface area contributed by atoms with E-state index in [-0.39, 0.29) is 6.08 Å². The lowest BCUT2D eigenvalue weighted by molar-refractivity contribution is -0.0820. The van der Waals surface area contributed by atoms with Gasteiger partial charge in [-0.1, -0.05) is 50.5 Å². The van der Waals surface area contributed by atoms with Crippen molar-refractivity contribution < 1.29 is 22.3 Å². The third-order valence-corrected chi connectivity index (χ3v) is 9.22. The number of hydrogen-bond acceptors (Lipinski definition) is 1. The normalized spacial score (nSPS) is 32.4. The summed E-state index contributed by atoms with van der Waals surface area (Å²) >= 11 is 0. The highest BCUT2D eigenvalue weighted by atomic mass is 19.4. The number of alkyl halides is 3. The first kappa shape index (κ1) is 27.7. The van der Waals surface area contributed by atoms with E-state index in [4.69, 9.17) is 4.74 Å². The molecule has 2 atom stereocenters. The zero-order valence-corrected chi connectivity index (χ0v) is 21.9. The van der Waals surface area contributed by atoms with Crippen molar-refractivity contribution in [1.82, 2.24) is 0 Å². The minimum atomic E-state index is -4.57. The monoisotopic (exact) mass is 508 g/mol. The maximum absolute atomic E-state index is 13.9. The predicted molar refractivity (Wildman–Crippen MR) is 138 cm³/mol. The second-order valence-electron chi connectivity index (χ2n) is 11.7. The Bertz CT molecular complexity index is 806. The molecule has 0 N–H and O–H groups in total. The average Bonchev–Trinajstić information content (AvgIpc) is 2.89. The maximum Gasteiger partial charge on any atom is 0.412 e. The van der Waals surface area contributed by atoms with Crippen molar-refractivity contribution in [3.63, 3.8) is 0 Å². The fourth-order valence-corrected chi connectivity index (χ4v) is 6.95. The van der Waals surface area contributed by atoms with Crippen molar-refractivity contribution in [3.8, 4) is 0 Å². The Morgan fingerprint density at radius 3 is 1.92 bits per heavy atom. The number of unbranched alkanes of at least 4 members (excludes halogenated alkanes) is 2. The van der Waals surface area contributed by atoms with Gasteiger partial charge in [-0.25, -0.2) is 4.39 Å². The molecule has 1 saturated heterocycles. The van der Waals surface area contributed by atoms with Gasteiger partial charge >= 0.3 is 6.18 Å². The van der Waals surface area contributed by atoms with E-state index in [1.54, 1.807) is 0 Å². The van der Waals surface area contributed by atoms with Crippen LogP contribution in [0.5, 0.6) is 0 Å². The average molecular weight is 509 g/mol. The molecule has 1 nitrogen and oxygen atoms in total. The van der Waals surface area contributed by atoms with E-state index in [1.165, 1.54) is 75.3 Å². The molecule has 2 aliphatic carbocycles. The smallest absolute Gasteiger partial charge is 0.378 e. The van der Waals surface area contributed by atoms with Crippen LogP contribution < -0.4 is 0 Å². The third-order valence-electron chi connectivity index (χ3n) is 9.22. The standard InChI is InChI=1S/C31H44F4O/c1-2-3-4-5-22-6-19-30(36-21-22)28-17-13-26(14-18-28)24-9-7-23(8-10-24)25-11-15-27(16-12-25)29(32)20-31(33,34)35/h7-10,20,22,25-28,30H,2-6,11-19,21H2,1H3/b29-20-. The quantitative estimate of drug-likeness (QED) is 0.251. The fraction of sp³-hybridized carbons (Fsp3) is 0.742. The molecule has 0 bridgehead atoms. The summed E-state index contributed by atoms with van der Waals surface area (Å²) in [7, 11) is 0. The van der Waals surface area contributed by atoms with Gasteiger partial charge in [0.1, 0.15) is 5.83 Å². The summed E-state index contributed by atoms with van der Waals surface area (Å²) in [5, 5.41) is 0. The molecule has 0 amide bonds. The molecular formula is C31H44F4O. The SMILES string of the molecule is CCCCCC1CCC(C2CCC(c3ccc(C4CCC(/C(F)=C/C(F)(F)F)CC4)cc3)CC2)OC1. The predicted octanol–water partition coefficient (Wildman–Crippen LogP) is 10.0. The van der Waals surface area contributed by atoms with E-state index < -0.39 is 17.9 Å². The molecule has 0 spiro atoms. The molecule has 3 fully saturated rings. The van der Waals surface area contributed by atoms with E-state index in [0.717, 1.165) is 25.4 Å². The lowest BCUT2D eigenvalue weighted by Crippen LogP contribution is -2.34. The van der Waals surface area contributed by atoms with Crippen molar-refractivity contribution in [1.29, 1.82) is 0 Å². The second kappa shape index (κ2) is 12.9. The summed E-state index contributed by atoms with van der Waals surface area (Å²) in [6.07, 6.45) is 11.0. The highest BCUT2D eigenvalue weighted by Crippen LogP contribution is 2.43. The van der Waals surface area contributed by atoms with Crippen molar-refractivity contribution in [2.45, 2.75) is 121 Å². The molecule has 4 rings (SSSR count). The number of rotatable bonds is 8. The van der Waals surface area contributed by atoms with Crippen molar-refractivity contribution in [2.75, 3.05) is 6.61 Å². The van der Waals surface area contributed by atoms with Gasteiger partial charge in [0.05, 0.1) is 12.2 Å². The topological polar surface area (TPSA) is 9.23 Å². The molecule has 1 aliphatic heterocycles. The van der Waals surface area contributed by atoms with Crippen LogP contribution in [0.4, 0.5) is 17.6 Å². The Hall–Kier alpha value is -1.36. The Labute approximate surface area is 215 Å². The van der Waals surface area contributed by atoms with Crippen LogP contribution in [0.1, 0.15) is 120 Å². The number of hydrogen-bond donors (Lipinski definition) is 0. The molecule has 0 aromatic heterocycles. The van der Waals surface area contributed by atoms with Gasteiger partial charge < -0.3 is 4.74 Å². The molecule has 202 valence electrons. The highest BCUT2D eigenvalue weighted by Gasteiger charge is 2.33. The first-order valence-electron chi connectivity index (χ1n) is 14.5. The molecule has 2 saturated carbocycles. The van der Waals surface area contributed by atoms with Gasteiger partial charge in [-0.3, -0.25) is 0 Å². The van der Waals surface area contributed by atoms with Gasteiger partial charge in [0.25, 0.3) is 0 Å². The van der Waals surface area contributed by atoms with Crippen LogP contribution in [0.2, 0.25) is 0 Å². The van der Waals surface area contributed by atoms with Crippen LogP contribution in [-0.2, 0) is 4.74 Å². The molecule has 5 heteroatoms. The summed E-state index contributed by atoms with van der Waals surface area (Å²) in [4.78, 5) is 0. The Morgan fingerprint density at radius 1 is 0.833 bits per heavy atom. The minimum absolute atomic E-state index is 0.159. The zero-order chi connectivity index (χ0) is 25.5. The Morgan fingerprint density at radius 2 is 1.42 bits per heavy atom. The zero-order valence-electron chi connectivity index (χ0n) is 21.9. The fourth-order valence-electron chi connectivity index (χ4n) is 6.95. The van der Waals surface area contributed by atoms with E-state index in [1.807, 2.05) is 0 Å². The molecular weight excluding hydrogens is 464 g/mol. The summed E-state index contributed by atoms with van der Waals surface area (Å²) in [6, 6.07) is 8.93. The molecule has 1 aromatic rings. The summed E-state index contributed by atoms with van der Waals surface area (Å²) in [5.41, 5.74) is 2.65. The Balaban J connectivity index is 1.20. The molecule has 3 aliphatic rings. The van der Waals surface area contributed by atoms with Gasteiger partial charge in [-0.05, 0) is 105 Å². The van der Waals surface area contributed by atoms with E-state index >= 15 is 0 Å². The lowest BCUT2D eigenvalue weighted by atomic mass is 9.74. The number of halogens is 4. The highest BCUT2D eigenvalue weighted by molar-refractivity contribution is 5.28. The number of allylic oxidation sites excluding steroid dienone is 2. The second-order valence-corrected chi connectivity index (χ2v) is 11.7. The van der Waals surface area contributed by atoms with Crippen LogP contribution in [0.3, 0.4) is 0 Å². The van der Waals surface area contributed by atoms with E-state index in [9.17, 15) is 17.6 Å². The van der Waals surface area contributed by atoms with Gasteiger partial charge in [0.15, 0.2) is 0 Å². The van der Waals surface area contributed by atoms with Crippen LogP contribution in [0, 0.1) is 17.8 Å². The van der Waals surface area contributed by atoms with E-state index in [2.05, 4.69) is 31.2 Å². The molecule has 1 heterocycles. The Kier molecular flexibility index (Phi) is 9.94. The largest absolute Gasteiger partial charge is 0.412 e. The number of benzene rings is 1. The third kappa shape index (κ3) is 7.82. The van der Waals surface area contributed by atoms with Crippen molar-refractivity contribution in [3.05, 3.63) is 47.3 Å². The van der Waals surface area contributed by atoms with Crippen LogP contribution >= 0.6 is 0 Å². The molecule has 36 heavy (non-hydrogen) atoms. The summed E-state index contributed by atoms with van der Waals surface area (Å²) in [5.74, 6) is 0.818. The summed E-state index contributed by atoms with van der Waals surface area (Å²) < 4.78 is 57.6. The van der Waals surface area contributed by atoms with Crippen LogP contribution in [0.25, 0.3) is 0 Å². The molecule has 1 aromatic carbocycles. The molecule has 2 unspecified atom stereocenters. The molecule has 0 radical (unpaired) electrons. The first-order valence-corrected chi connectivity index (χ1v) is 14.5. The lowest BCUT2D eigenvalue weighted by Gasteiger charge is -2.38. The number of ether oxygens (including phenoxy) is 1. The summed E-state index contributed by atoms with van der Waals surface area (Å²) in [6.45, 7) is 3.22. The van der Waals surface area contributed by atoms with Crippen molar-refractivity contribution >= 4 is 0 Å². The maximum atomic E-state index is 13.9. The van der Waals surface area contributed by atoms with Gasteiger partial charge in [0.2, 0.25) is 0 Å². The van der Waals surface area contributed by atoms with Gasteiger partial charge in [0, 0.05) is 12.5 Å². The minimum Gasteiger partial charge on any atom is -0.378 e. The van der Waals surface area contributed by atoms with Gasteiger partial charge in [-0.15, -0.1) is 0 Å². The van der Waals surface area contributed by atoms with Crippen LogP contribution in [0.15, 0.2) is 36.2 Å². The van der Waals surface area contributed by atoms with E-state index in [0.29, 0.717) is 36.7 Å². The van der Waals surface area contributed by atoms with Crippen LogP contribution in [-0.4, -0.2) is 18.9 Å².